The average molecular weight is 565 g/mol. The normalized spacial score (nSPS) is 18.3. The molecule has 2 heterocycles. The zero-order chi connectivity index (χ0) is 25.2. The van der Waals surface area contributed by atoms with Gasteiger partial charge in [-0.3, -0.25) is 9.59 Å². The Morgan fingerprint density at radius 1 is 1.17 bits per heavy atom. The molecule has 2 aliphatic rings. The molecule has 2 aromatic carbocycles. The summed E-state index contributed by atoms with van der Waals surface area (Å²) in [6, 6.07) is 10.6. The Labute approximate surface area is 214 Å². The predicted molar refractivity (Wildman–Crippen MR) is 138 cm³/mol. The number of nitrogens with one attached hydrogen (secondary N) is 1. The largest absolute Gasteiger partial charge is 0.492 e. The third-order valence-corrected chi connectivity index (χ3v) is 9.27. The lowest BCUT2D eigenvalue weighted by molar-refractivity contribution is -0.121. The van der Waals surface area contributed by atoms with Gasteiger partial charge in [0.05, 0.1) is 23.1 Å². The number of amides is 2. The van der Waals surface area contributed by atoms with Gasteiger partial charge in [-0.15, -0.1) is 0 Å². The van der Waals surface area contributed by atoms with Crippen molar-refractivity contribution < 1.29 is 22.7 Å². The summed E-state index contributed by atoms with van der Waals surface area (Å²) in [4.78, 5) is 27.2. The number of carbonyl (C=O) groups excluding carboxylic acids is 2. The first kappa shape index (κ1) is 25.7. The molecular formula is C25H30BrN3O5S. The van der Waals surface area contributed by atoms with E-state index < -0.39 is 15.9 Å². The minimum Gasteiger partial charge on any atom is -0.492 e. The summed E-state index contributed by atoms with van der Waals surface area (Å²) in [6.45, 7) is 5.11. The number of halogens is 1. The number of para-hydroxylation sites is 2. The fraction of sp³-hybridized carbons (Fsp3) is 0.440. The van der Waals surface area contributed by atoms with E-state index in [1.807, 2.05) is 19.1 Å². The van der Waals surface area contributed by atoms with Crippen LogP contribution in [0.3, 0.4) is 0 Å². The minimum atomic E-state index is -3.88. The second-order valence-electron chi connectivity index (χ2n) is 8.68. The number of sulfonamides is 1. The third kappa shape index (κ3) is 5.24. The molecule has 0 unspecified atom stereocenters. The van der Waals surface area contributed by atoms with E-state index in [1.165, 1.54) is 4.31 Å². The van der Waals surface area contributed by atoms with Crippen molar-refractivity contribution in [2.24, 2.45) is 5.92 Å². The first-order valence-electron chi connectivity index (χ1n) is 11.9. The molecule has 10 heteroatoms. The lowest BCUT2D eigenvalue weighted by atomic mass is 9.98. The fourth-order valence-electron chi connectivity index (χ4n) is 4.64. The molecule has 8 nitrogen and oxygen atoms in total. The van der Waals surface area contributed by atoms with E-state index in [0.29, 0.717) is 67.0 Å². The van der Waals surface area contributed by atoms with Gasteiger partial charge < -0.3 is 15.0 Å². The zero-order valence-corrected chi connectivity index (χ0v) is 22.3. The Morgan fingerprint density at radius 3 is 2.69 bits per heavy atom. The minimum absolute atomic E-state index is 0.0311. The number of hydrogen-bond acceptors (Lipinski definition) is 5. The van der Waals surface area contributed by atoms with Crippen LogP contribution in [0.4, 0.5) is 11.4 Å². The Balaban J connectivity index is 1.55. The molecule has 0 radical (unpaired) electrons. The third-order valence-electron chi connectivity index (χ3n) is 6.45. The summed E-state index contributed by atoms with van der Waals surface area (Å²) in [5.41, 5.74) is 2.17. The van der Waals surface area contributed by atoms with Crippen molar-refractivity contribution in [1.29, 1.82) is 0 Å². The number of carbonyl (C=O) groups is 2. The van der Waals surface area contributed by atoms with E-state index in [9.17, 15) is 18.0 Å². The molecule has 0 bridgehead atoms. The van der Waals surface area contributed by atoms with Gasteiger partial charge in [-0.2, -0.15) is 4.31 Å². The maximum Gasteiger partial charge on any atom is 0.244 e. The molecule has 1 N–H and O–H groups in total. The van der Waals surface area contributed by atoms with Gasteiger partial charge in [0, 0.05) is 36.2 Å². The highest BCUT2D eigenvalue weighted by Gasteiger charge is 2.36. The van der Waals surface area contributed by atoms with Crippen molar-refractivity contribution in [3.05, 3.63) is 46.4 Å². The smallest absolute Gasteiger partial charge is 0.244 e. The summed E-state index contributed by atoms with van der Waals surface area (Å²) in [5.74, 6) is -0.169. The van der Waals surface area contributed by atoms with Gasteiger partial charge in [-0.25, -0.2) is 8.42 Å². The lowest BCUT2D eigenvalue weighted by Gasteiger charge is -2.32. The van der Waals surface area contributed by atoms with Crippen LogP contribution in [-0.4, -0.2) is 50.8 Å². The molecule has 2 aliphatic heterocycles. The van der Waals surface area contributed by atoms with Gasteiger partial charge in [0.2, 0.25) is 21.8 Å². The highest BCUT2D eigenvalue weighted by atomic mass is 79.9. The summed E-state index contributed by atoms with van der Waals surface area (Å²) in [5, 5.41) is 2.91. The molecule has 1 atom stereocenters. The van der Waals surface area contributed by atoms with E-state index in [4.69, 9.17) is 4.74 Å². The molecule has 2 aromatic rings. The summed E-state index contributed by atoms with van der Waals surface area (Å²) in [7, 11) is -3.88. The van der Waals surface area contributed by atoms with Crippen LogP contribution in [0.5, 0.6) is 5.75 Å². The topological polar surface area (TPSA) is 96.0 Å². The number of benzene rings is 2. The van der Waals surface area contributed by atoms with Crippen molar-refractivity contribution in [3.8, 4) is 5.75 Å². The Kier molecular flexibility index (Phi) is 7.83. The van der Waals surface area contributed by atoms with E-state index in [2.05, 4.69) is 21.2 Å². The second-order valence-corrected chi connectivity index (χ2v) is 11.4. The van der Waals surface area contributed by atoms with Gasteiger partial charge in [0.25, 0.3) is 0 Å². The molecule has 0 saturated carbocycles. The van der Waals surface area contributed by atoms with E-state index in [0.717, 1.165) is 5.56 Å². The zero-order valence-electron chi connectivity index (χ0n) is 19.9. The highest BCUT2D eigenvalue weighted by molar-refractivity contribution is 9.10. The second kappa shape index (κ2) is 10.7. The number of anilines is 2. The number of nitrogens with zero attached hydrogens (tertiary/aromatic N) is 2. The van der Waals surface area contributed by atoms with Crippen LogP contribution in [-0.2, 0) is 26.0 Å². The quantitative estimate of drug-likeness (QED) is 0.545. The fourth-order valence-corrected chi connectivity index (χ4v) is 7.23. The van der Waals surface area contributed by atoms with Crippen molar-refractivity contribution >= 4 is 49.1 Å². The summed E-state index contributed by atoms with van der Waals surface area (Å²) >= 11 is 3.43. The maximum atomic E-state index is 13.7. The number of rotatable bonds is 7. The van der Waals surface area contributed by atoms with E-state index in [1.54, 1.807) is 36.1 Å². The summed E-state index contributed by atoms with van der Waals surface area (Å²) in [6.07, 6.45) is 2.22. The van der Waals surface area contributed by atoms with Crippen LogP contribution in [0.25, 0.3) is 0 Å². The lowest BCUT2D eigenvalue weighted by Crippen LogP contribution is -2.43. The molecule has 188 valence electrons. The molecule has 0 aromatic heterocycles. The molecular weight excluding hydrogens is 534 g/mol. The van der Waals surface area contributed by atoms with Crippen LogP contribution in [0.1, 0.15) is 38.7 Å². The van der Waals surface area contributed by atoms with Crippen molar-refractivity contribution in [2.45, 2.75) is 44.4 Å². The molecule has 0 spiro atoms. The first-order chi connectivity index (χ1) is 16.8. The van der Waals surface area contributed by atoms with Crippen molar-refractivity contribution in [1.82, 2.24) is 4.31 Å². The van der Waals surface area contributed by atoms with Gasteiger partial charge in [-0.1, -0.05) is 19.1 Å². The highest BCUT2D eigenvalue weighted by Crippen LogP contribution is 2.38. The first-order valence-corrected chi connectivity index (χ1v) is 14.1. The van der Waals surface area contributed by atoms with Crippen LogP contribution < -0.4 is 15.0 Å². The Morgan fingerprint density at radius 2 is 1.94 bits per heavy atom. The van der Waals surface area contributed by atoms with Gasteiger partial charge in [0.1, 0.15) is 5.75 Å². The number of fused-ring (bicyclic) bond motifs is 1. The van der Waals surface area contributed by atoms with Gasteiger partial charge in [0.15, 0.2) is 0 Å². The molecule has 4 rings (SSSR count). The van der Waals surface area contributed by atoms with Crippen LogP contribution >= 0.6 is 15.9 Å². The van der Waals surface area contributed by atoms with E-state index >= 15 is 0 Å². The number of ether oxygens (including phenoxy) is 1. The van der Waals surface area contributed by atoms with Crippen molar-refractivity contribution in [3.63, 3.8) is 0 Å². The molecule has 2 amide bonds. The van der Waals surface area contributed by atoms with Crippen LogP contribution in [0.2, 0.25) is 0 Å². The molecule has 35 heavy (non-hydrogen) atoms. The average Bonchev–Trinajstić information content (AvgIpc) is 3.27. The maximum absolute atomic E-state index is 13.7. The molecule has 0 aliphatic carbocycles. The van der Waals surface area contributed by atoms with Gasteiger partial charge >= 0.3 is 0 Å². The predicted octanol–water partition coefficient (Wildman–Crippen LogP) is 4.19. The number of piperidine rings is 1. The monoisotopic (exact) mass is 563 g/mol. The van der Waals surface area contributed by atoms with Gasteiger partial charge in [-0.05, 0) is 71.9 Å². The van der Waals surface area contributed by atoms with E-state index in [-0.39, 0.29) is 23.3 Å². The Bertz CT molecular complexity index is 1230. The molecule has 1 fully saturated rings. The van der Waals surface area contributed by atoms with Crippen molar-refractivity contribution in [2.75, 3.05) is 36.5 Å². The van der Waals surface area contributed by atoms with Crippen LogP contribution in [0.15, 0.2) is 45.8 Å². The standard InChI is InChI=1S/C25H30BrN3O5S/c1-3-24(30)29-13-11-17-14-19(26)23(15-21(17)29)35(32,33)28-12-7-8-18(16-28)25(31)27-20-9-5-6-10-22(20)34-4-2/h5-6,9-10,14-15,18H,3-4,7-8,11-13,16H2,1-2H3,(H,27,31)/t18-/m0/s1. The summed E-state index contributed by atoms with van der Waals surface area (Å²) < 4.78 is 34.8. The SMILES string of the molecule is CCOc1ccccc1NC(=O)[C@H]1CCCN(S(=O)(=O)c2cc3c(cc2Br)CCN3C(=O)CC)C1. The molecule has 1 saturated heterocycles. The number of hydrogen-bond donors (Lipinski definition) is 1. The Hall–Kier alpha value is -2.43. The van der Waals surface area contributed by atoms with Crippen LogP contribution in [0, 0.1) is 5.92 Å².